The van der Waals surface area contributed by atoms with Crippen molar-refractivity contribution in [3.05, 3.63) is 24.4 Å². The molecule has 0 aromatic heterocycles. The van der Waals surface area contributed by atoms with Gasteiger partial charge in [-0.15, -0.1) is 0 Å². The molecule has 0 aliphatic heterocycles. The highest BCUT2D eigenvalue weighted by atomic mass is 15.1. The first-order chi connectivity index (χ1) is 11.6. The van der Waals surface area contributed by atoms with E-state index in [0.29, 0.717) is 11.8 Å². The minimum atomic E-state index is 0.552. The summed E-state index contributed by atoms with van der Waals surface area (Å²) in [5.41, 5.74) is 2.69. The van der Waals surface area contributed by atoms with Crippen LogP contribution < -0.4 is 0 Å². The monoisotopic (exact) mass is 349 g/mol. The molecule has 2 atom stereocenters. The van der Waals surface area contributed by atoms with E-state index in [1.165, 1.54) is 62.6 Å². The second kappa shape index (κ2) is 13.5. The standard InChI is InChI=1S/C24H47N/c1-19(2)23(7)17-13-12-15-21(5)14-10-11-16-22(6)18-25(9)24(8)20(3)4/h19-22H,7-8,10-18H2,1-6,9H3. The molecule has 0 aromatic rings. The van der Waals surface area contributed by atoms with Crippen molar-refractivity contribution in [2.45, 2.75) is 92.9 Å². The van der Waals surface area contributed by atoms with Crippen molar-refractivity contribution in [3.8, 4) is 0 Å². The van der Waals surface area contributed by atoms with Crippen LogP contribution in [0.3, 0.4) is 0 Å². The van der Waals surface area contributed by atoms with Crippen LogP contribution in [0.25, 0.3) is 0 Å². The van der Waals surface area contributed by atoms with Crippen molar-refractivity contribution in [1.29, 1.82) is 0 Å². The Morgan fingerprint density at radius 3 is 1.68 bits per heavy atom. The third kappa shape index (κ3) is 12.3. The second-order valence-corrected chi connectivity index (χ2v) is 9.08. The van der Waals surface area contributed by atoms with Gasteiger partial charge in [0.2, 0.25) is 0 Å². The number of hydrogen-bond acceptors (Lipinski definition) is 1. The third-order valence-electron chi connectivity index (χ3n) is 5.65. The van der Waals surface area contributed by atoms with Crippen LogP contribution in [0.1, 0.15) is 92.9 Å². The number of allylic oxidation sites excluding steroid dienone is 2. The molecular formula is C24H47N. The molecular weight excluding hydrogens is 302 g/mol. The van der Waals surface area contributed by atoms with E-state index in [9.17, 15) is 0 Å². The first kappa shape index (κ1) is 24.3. The van der Waals surface area contributed by atoms with Gasteiger partial charge in [0.25, 0.3) is 0 Å². The van der Waals surface area contributed by atoms with Crippen LogP contribution in [0.15, 0.2) is 24.4 Å². The molecule has 0 saturated heterocycles. The predicted molar refractivity (Wildman–Crippen MR) is 116 cm³/mol. The van der Waals surface area contributed by atoms with E-state index in [1.54, 1.807) is 0 Å². The first-order valence-corrected chi connectivity index (χ1v) is 10.7. The lowest BCUT2D eigenvalue weighted by Crippen LogP contribution is -2.25. The molecule has 0 fully saturated rings. The molecule has 0 rings (SSSR count). The number of rotatable bonds is 15. The van der Waals surface area contributed by atoms with Gasteiger partial charge in [-0.25, -0.2) is 0 Å². The summed E-state index contributed by atoms with van der Waals surface area (Å²) >= 11 is 0. The Hall–Kier alpha value is -0.720. The quantitative estimate of drug-likeness (QED) is 0.216. The third-order valence-corrected chi connectivity index (χ3v) is 5.65. The number of unbranched alkanes of at least 4 members (excludes halogenated alkanes) is 2. The molecule has 1 heteroatoms. The average Bonchev–Trinajstić information content (AvgIpc) is 2.54. The average molecular weight is 350 g/mol. The molecule has 0 radical (unpaired) electrons. The summed E-state index contributed by atoms with van der Waals surface area (Å²) < 4.78 is 0. The van der Waals surface area contributed by atoms with E-state index in [0.717, 1.165) is 18.4 Å². The van der Waals surface area contributed by atoms with Crippen LogP contribution in [0.2, 0.25) is 0 Å². The molecule has 0 aromatic carbocycles. The molecule has 0 aliphatic carbocycles. The summed E-state index contributed by atoms with van der Waals surface area (Å²) in [5, 5.41) is 0. The van der Waals surface area contributed by atoms with Crippen LogP contribution >= 0.6 is 0 Å². The van der Waals surface area contributed by atoms with Crippen molar-refractivity contribution in [2.75, 3.05) is 13.6 Å². The van der Waals surface area contributed by atoms with Crippen molar-refractivity contribution in [3.63, 3.8) is 0 Å². The van der Waals surface area contributed by atoms with Crippen molar-refractivity contribution in [1.82, 2.24) is 4.90 Å². The SMILES string of the molecule is C=C(CCCCC(C)CCCCC(C)CN(C)C(=C)C(C)C)C(C)C. The number of nitrogens with zero attached hydrogens (tertiary/aromatic N) is 1. The summed E-state index contributed by atoms with van der Waals surface area (Å²) in [6, 6.07) is 0. The Kier molecular flexibility index (Phi) is 13.1. The molecule has 0 bridgehead atoms. The zero-order chi connectivity index (χ0) is 19.4. The topological polar surface area (TPSA) is 3.24 Å². The van der Waals surface area contributed by atoms with Gasteiger partial charge in [-0.05, 0) is 42.9 Å². The van der Waals surface area contributed by atoms with Gasteiger partial charge in [0.05, 0.1) is 0 Å². The molecule has 0 N–H and O–H groups in total. The van der Waals surface area contributed by atoms with Crippen molar-refractivity contribution >= 4 is 0 Å². The molecule has 148 valence electrons. The number of hydrogen-bond donors (Lipinski definition) is 0. The van der Waals surface area contributed by atoms with E-state index in [2.05, 4.69) is 66.6 Å². The van der Waals surface area contributed by atoms with Crippen molar-refractivity contribution < 1.29 is 0 Å². The lowest BCUT2D eigenvalue weighted by atomic mass is 9.93. The van der Waals surface area contributed by atoms with Crippen molar-refractivity contribution in [2.24, 2.45) is 23.7 Å². The smallest absolute Gasteiger partial charge is 0.0197 e. The molecule has 0 aliphatic rings. The molecule has 0 saturated carbocycles. The Labute approximate surface area is 160 Å². The Morgan fingerprint density at radius 2 is 1.20 bits per heavy atom. The first-order valence-electron chi connectivity index (χ1n) is 10.7. The maximum Gasteiger partial charge on any atom is 0.0197 e. The van der Waals surface area contributed by atoms with E-state index >= 15 is 0 Å². The van der Waals surface area contributed by atoms with E-state index in [4.69, 9.17) is 0 Å². The van der Waals surface area contributed by atoms with Crippen LogP contribution in [0.4, 0.5) is 0 Å². The largest absolute Gasteiger partial charge is 0.378 e. The summed E-state index contributed by atoms with van der Waals surface area (Å²) in [6.07, 6.45) is 10.8. The highest BCUT2D eigenvalue weighted by Crippen LogP contribution is 2.21. The minimum absolute atomic E-state index is 0.552. The minimum Gasteiger partial charge on any atom is -0.378 e. The summed E-state index contributed by atoms with van der Waals surface area (Å²) in [5.74, 6) is 2.84. The molecule has 0 heterocycles. The van der Waals surface area contributed by atoms with Gasteiger partial charge in [-0.3, -0.25) is 0 Å². The van der Waals surface area contributed by atoms with E-state index in [-0.39, 0.29) is 0 Å². The molecule has 2 unspecified atom stereocenters. The zero-order valence-corrected chi connectivity index (χ0v) is 18.5. The van der Waals surface area contributed by atoms with Crippen LogP contribution in [-0.2, 0) is 0 Å². The van der Waals surface area contributed by atoms with Crippen LogP contribution in [-0.4, -0.2) is 18.5 Å². The maximum atomic E-state index is 4.20. The fourth-order valence-corrected chi connectivity index (χ4v) is 3.38. The fourth-order valence-electron chi connectivity index (χ4n) is 3.38. The van der Waals surface area contributed by atoms with E-state index in [1.807, 2.05) is 0 Å². The second-order valence-electron chi connectivity index (χ2n) is 9.08. The van der Waals surface area contributed by atoms with Crippen LogP contribution in [0, 0.1) is 23.7 Å². The molecule has 25 heavy (non-hydrogen) atoms. The zero-order valence-electron chi connectivity index (χ0n) is 18.5. The van der Waals surface area contributed by atoms with Gasteiger partial charge in [-0.2, -0.15) is 0 Å². The highest BCUT2D eigenvalue weighted by molar-refractivity contribution is 4.97. The van der Waals surface area contributed by atoms with Gasteiger partial charge in [-0.1, -0.05) is 92.4 Å². The fraction of sp³-hybridized carbons (Fsp3) is 0.833. The van der Waals surface area contributed by atoms with Gasteiger partial charge >= 0.3 is 0 Å². The van der Waals surface area contributed by atoms with Crippen LogP contribution in [0.5, 0.6) is 0 Å². The van der Waals surface area contributed by atoms with Gasteiger partial charge < -0.3 is 4.90 Å². The lowest BCUT2D eigenvalue weighted by molar-refractivity contribution is 0.304. The summed E-state index contributed by atoms with van der Waals surface area (Å²) in [6.45, 7) is 23.3. The van der Waals surface area contributed by atoms with Gasteiger partial charge in [0, 0.05) is 19.3 Å². The predicted octanol–water partition coefficient (Wildman–Crippen LogP) is 7.69. The van der Waals surface area contributed by atoms with Gasteiger partial charge in [0.15, 0.2) is 0 Å². The molecule has 0 spiro atoms. The maximum absolute atomic E-state index is 4.20. The Bertz CT molecular complexity index is 366. The lowest BCUT2D eigenvalue weighted by Gasteiger charge is -2.27. The normalized spacial score (nSPS) is 14.0. The molecule has 0 amide bonds. The Morgan fingerprint density at radius 1 is 0.720 bits per heavy atom. The van der Waals surface area contributed by atoms with E-state index < -0.39 is 0 Å². The highest BCUT2D eigenvalue weighted by Gasteiger charge is 2.11. The molecule has 1 nitrogen and oxygen atoms in total. The Balaban J connectivity index is 3.69. The summed E-state index contributed by atoms with van der Waals surface area (Å²) in [4.78, 5) is 2.35. The van der Waals surface area contributed by atoms with Gasteiger partial charge in [0.1, 0.15) is 0 Å². The summed E-state index contributed by atoms with van der Waals surface area (Å²) in [7, 11) is 2.19.